The molecule has 1 fully saturated rings. The number of hydrogen-bond acceptors (Lipinski definition) is 6. The average molecular weight is 520 g/mol. The zero-order valence-corrected chi connectivity index (χ0v) is 22.9. The van der Waals surface area contributed by atoms with Crippen molar-refractivity contribution >= 4 is 17.2 Å². The summed E-state index contributed by atoms with van der Waals surface area (Å²) in [4.78, 5) is 19.9. The number of carbonyl (C=O) groups excluding carboxylic acids is 1. The van der Waals surface area contributed by atoms with Gasteiger partial charge in [-0.3, -0.25) is 9.69 Å². The van der Waals surface area contributed by atoms with Gasteiger partial charge in [-0.25, -0.2) is 4.98 Å². The lowest BCUT2D eigenvalue weighted by molar-refractivity contribution is 0.0923. The Morgan fingerprint density at radius 1 is 0.973 bits per heavy atom. The Morgan fingerprint density at radius 2 is 1.68 bits per heavy atom. The Bertz CT molecular complexity index is 1210. The van der Waals surface area contributed by atoms with Crippen LogP contribution in [0.15, 0.2) is 47.8 Å². The first-order chi connectivity index (χ1) is 17.8. The molecule has 7 heteroatoms. The molecule has 1 aliphatic carbocycles. The number of aromatic nitrogens is 1. The minimum atomic E-state index is -0.0468. The Hall–Kier alpha value is -2.90. The molecule has 2 heterocycles. The highest BCUT2D eigenvalue weighted by Gasteiger charge is 2.20. The van der Waals surface area contributed by atoms with E-state index < -0.39 is 0 Å². The fraction of sp³-hybridized carbons (Fsp3) is 0.467. The van der Waals surface area contributed by atoms with Crippen molar-refractivity contribution in [1.29, 1.82) is 0 Å². The maximum atomic E-state index is 12.8. The monoisotopic (exact) mass is 519 g/mol. The number of rotatable bonds is 8. The Morgan fingerprint density at radius 3 is 2.43 bits per heavy atom. The minimum Gasteiger partial charge on any atom is -0.454 e. The zero-order valence-electron chi connectivity index (χ0n) is 22.1. The summed E-state index contributed by atoms with van der Waals surface area (Å²) in [6.45, 7) is 9.16. The lowest BCUT2D eigenvalue weighted by Gasteiger charge is -2.23. The highest BCUT2D eigenvalue weighted by Crippen LogP contribution is 2.33. The molecule has 1 aromatic heterocycles. The van der Waals surface area contributed by atoms with E-state index in [9.17, 15) is 4.79 Å². The Balaban J connectivity index is 1.30. The number of thiazole rings is 1. The van der Waals surface area contributed by atoms with E-state index in [0.717, 1.165) is 48.0 Å². The summed E-state index contributed by atoms with van der Waals surface area (Å²) in [5, 5.41) is 6.03. The van der Waals surface area contributed by atoms with Gasteiger partial charge in [-0.05, 0) is 47.1 Å². The van der Waals surface area contributed by atoms with Crippen molar-refractivity contribution in [3.63, 3.8) is 0 Å². The molecule has 2 aliphatic rings. The van der Waals surface area contributed by atoms with Crippen molar-refractivity contribution in [2.45, 2.75) is 84.0 Å². The van der Waals surface area contributed by atoms with Crippen molar-refractivity contribution in [2.24, 2.45) is 0 Å². The molecule has 1 N–H and O–H groups in total. The third kappa shape index (κ3) is 6.70. The van der Waals surface area contributed by atoms with E-state index in [0.29, 0.717) is 12.2 Å². The summed E-state index contributed by atoms with van der Waals surface area (Å²) in [5.74, 6) is 1.54. The summed E-state index contributed by atoms with van der Waals surface area (Å²) >= 11 is 1.56. The van der Waals surface area contributed by atoms with Crippen molar-refractivity contribution < 1.29 is 14.3 Å². The molecule has 3 aromatic rings. The first-order valence-electron chi connectivity index (χ1n) is 13.3. The fourth-order valence-corrected chi connectivity index (χ4v) is 5.83. The van der Waals surface area contributed by atoms with Gasteiger partial charge in [-0.1, -0.05) is 70.4 Å². The largest absolute Gasteiger partial charge is 0.454 e. The molecule has 37 heavy (non-hydrogen) atoms. The summed E-state index contributed by atoms with van der Waals surface area (Å²) in [5.41, 5.74) is 4.39. The quantitative estimate of drug-likeness (QED) is 0.371. The topological polar surface area (TPSA) is 63.7 Å². The molecule has 196 valence electrons. The van der Waals surface area contributed by atoms with Crippen molar-refractivity contribution in [3.8, 4) is 11.5 Å². The summed E-state index contributed by atoms with van der Waals surface area (Å²) < 4.78 is 11.1. The predicted molar refractivity (Wildman–Crippen MR) is 147 cm³/mol. The normalized spacial score (nSPS) is 15.8. The number of fused-ring (bicyclic) bond motifs is 1. The minimum absolute atomic E-state index is 0.0468. The summed E-state index contributed by atoms with van der Waals surface area (Å²) in [7, 11) is 0. The third-order valence-electron chi connectivity index (χ3n) is 7.15. The van der Waals surface area contributed by atoms with Crippen LogP contribution in [-0.2, 0) is 25.0 Å². The first kappa shape index (κ1) is 25.7. The van der Waals surface area contributed by atoms with Gasteiger partial charge in [0.2, 0.25) is 6.79 Å². The van der Waals surface area contributed by atoms with Crippen LogP contribution in [0.25, 0.3) is 0 Å². The van der Waals surface area contributed by atoms with E-state index in [1.165, 1.54) is 30.4 Å². The van der Waals surface area contributed by atoms with Crippen molar-refractivity contribution in [3.05, 3.63) is 75.2 Å². The molecule has 1 amide bonds. The molecule has 0 saturated heterocycles. The molecule has 1 aliphatic heterocycles. The number of ether oxygens (including phenoxy) is 2. The van der Waals surface area contributed by atoms with Gasteiger partial charge in [0, 0.05) is 24.5 Å². The highest BCUT2D eigenvalue weighted by molar-refractivity contribution is 7.09. The predicted octanol–water partition coefficient (Wildman–Crippen LogP) is 6.43. The molecule has 0 unspecified atom stereocenters. The standard InChI is InChI=1S/C30H37N3O3S/c1-30(2,3)23-12-9-21(10-13-23)16-33(17-22-11-14-26-27(15-22)36-20-35-26)18-28-32-25(19-37-28)29(34)31-24-7-5-4-6-8-24/h9-15,19,24H,4-8,16-18,20H2,1-3H3,(H,31,34). The van der Waals surface area contributed by atoms with Gasteiger partial charge >= 0.3 is 0 Å². The second-order valence-corrected chi connectivity index (χ2v) is 12.2. The average Bonchev–Trinajstić information content (AvgIpc) is 3.54. The van der Waals surface area contributed by atoms with Crippen LogP contribution in [0, 0.1) is 0 Å². The van der Waals surface area contributed by atoms with Crippen LogP contribution in [0.1, 0.15) is 85.1 Å². The lowest BCUT2D eigenvalue weighted by atomic mass is 9.87. The van der Waals surface area contributed by atoms with Crippen molar-refractivity contribution in [1.82, 2.24) is 15.2 Å². The van der Waals surface area contributed by atoms with Gasteiger partial charge in [0.05, 0.1) is 6.54 Å². The molecular formula is C30H37N3O3S. The van der Waals surface area contributed by atoms with Crippen LogP contribution in [0.4, 0.5) is 0 Å². The molecule has 0 atom stereocenters. The molecule has 0 spiro atoms. The van der Waals surface area contributed by atoms with Gasteiger partial charge < -0.3 is 14.8 Å². The fourth-order valence-electron chi connectivity index (χ4n) is 5.02. The summed E-state index contributed by atoms with van der Waals surface area (Å²) in [6.07, 6.45) is 5.79. The Labute approximate surface area is 224 Å². The smallest absolute Gasteiger partial charge is 0.270 e. The van der Waals surface area contributed by atoms with Crippen LogP contribution in [-0.4, -0.2) is 28.6 Å². The van der Waals surface area contributed by atoms with Crippen LogP contribution >= 0.6 is 11.3 Å². The highest BCUT2D eigenvalue weighted by atomic mass is 32.1. The van der Waals surface area contributed by atoms with Crippen molar-refractivity contribution in [2.75, 3.05) is 6.79 Å². The molecule has 1 saturated carbocycles. The van der Waals surface area contributed by atoms with Crippen LogP contribution in [0.3, 0.4) is 0 Å². The van der Waals surface area contributed by atoms with Crippen LogP contribution < -0.4 is 14.8 Å². The molecule has 2 aromatic carbocycles. The van der Waals surface area contributed by atoms with Gasteiger partial charge in [-0.2, -0.15) is 0 Å². The second kappa shape index (κ2) is 11.2. The molecule has 0 bridgehead atoms. The Kier molecular flexibility index (Phi) is 7.81. The van der Waals surface area contributed by atoms with Gasteiger partial charge in [0.15, 0.2) is 11.5 Å². The van der Waals surface area contributed by atoms with E-state index in [2.05, 4.69) is 67.4 Å². The zero-order chi connectivity index (χ0) is 25.8. The molecule has 5 rings (SSSR count). The van der Waals surface area contributed by atoms with E-state index in [-0.39, 0.29) is 24.2 Å². The lowest BCUT2D eigenvalue weighted by Crippen LogP contribution is -2.36. The SMILES string of the molecule is CC(C)(C)c1ccc(CN(Cc2ccc3c(c2)OCO3)Cc2nc(C(=O)NC3CCCCC3)cs2)cc1. The maximum Gasteiger partial charge on any atom is 0.270 e. The third-order valence-corrected chi connectivity index (χ3v) is 7.99. The van der Waals surface area contributed by atoms with Crippen LogP contribution in [0.2, 0.25) is 0 Å². The first-order valence-corrected chi connectivity index (χ1v) is 14.2. The molecule has 6 nitrogen and oxygen atoms in total. The van der Waals surface area contributed by atoms with Gasteiger partial charge in [0.25, 0.3) is 5.91 Å². The van der Waals surface area contributed by atoms with Crippen LogP contribution in [0.5, 0.6) is 11.5 Å². The molecule has 0 radical (unpaired) electrons. The van der Waals surface area contributed by atoms with E-state index in [4.69, 9.17) is 14.5 Å². The number of benzene rings is 2. The number of nitrogens with one attached hydrogen (secondary N) is 1. The molecular weight excluding hydrogens is 482 g/mol. The number of carbonyl (C=O) groups is 1. The number of nitrogens with zero attached hydrogens (tertiary/aromatic N) is 2. The number of amides is 1. The summed E-state index contributed by atoms with van der Waals surface area (Å²) in [6, 6.07) is 15.3. The van der Waals surface area contributed by atoms with E-state index in [1.807, 2.05) is 11.4 Å². The van der Waals surface area contributed by atoms with E-state index >= 15 is 0 Å². The van der Waals surface area contributed by atoms with Gasteiger partial charge in [-0.15, -0.1) is 11.3 Å². The van der Waals surface area contributed by atoms with Gasteiger partial charge in [0.1, 0.15) is 10.7 Å². The maximum absolute atomic E-state index is 12.8. The van der Waals surface area contributed by atoms with E-state index in [1.54, 1.807) is 11.3 Å². The second-order valence-electron chi connectivity index (χ2n) is 11.2. The number of hydrogen-bond donors (Lipinski definition) is 1.